The molecule has 8 heteroatoms. The number of aromatic nitrogens is 2. The van der Waals surface area contributed by atoms with Crippen LogP contribution in [0.25, 0.3) is 11.0 Å². The number of nitrogens with zero attached hydrogens (tertiary/aromatic N) is 1. The van der Waals surface area contributed by atoms with Gasteiger partial charge in [-0.25, -0.2) is 4.98 Å². The van der Waals surface area contributed by atoms with E-state index in [2.05, 4.69) is 20.6 Å². The molecule has 2 aromatic carbocycles. The van der Waals surface area contributed by atoms with Crippen molar-refractivity contribution < 1.29 is 19.1 Å². The van der Waals surface area contributed by atoms with Gasteiger partial charge in [-0.3, -0.25) is 14.9 Å². The number of nitrogens with one attached hydrogen (secondary N) is 3. The number of anilines is 1. The highest BCUT2D eigenvalue weighted by atomic mass is 16.5. The van der Waals surface area contributed by atoms with Crippen molar-refractivity contribution >= 4 is 28.8 Å². The summed E-state index contributed by atoms with van der Waals surface area (Å²) in [4.78, 5) is 33.2. The molecular formula is C22H26N4O4. The first-order valence-electron chi connectivity index (χ1n) is 9.69. The number of fused-ring (bicyclic) bond motifs is 1. The highest BCUT2D eigenvalue weighted by Crippen LogP contribution is 2.23. The summed E-state index contributed by atoms with van der Waals surface area (Å²) < 4.78 is 10.4. The Kier molecular flexibility index (Phi) is 6.56. The fraction of sp³-hybridized carbons (Fsp3) is 0.318. The minimum atomic E-state index is -0.733. The van der Waals surface area contributed by atoms with Gasteiger partial charge in [0.2, 0.25) is 11.9 Å². The highest BCUT2D eigenvalue weighted by Gasteiger charge is 2.24. The number of methoxy groups -OCH3 is 2. The third-order valence-corrected chi connectivity index (χ3v) is 4.57. The molecular weight excluding hydrogens is 384 g/mol. The fourth-order valence-electron chi connectivity index (χ4n) is 3.10. The van der Waals surface area contributed by atoms with E-state index in [4.69, 9.17) is 9.47 Å². The molecule has 0 aliphatic rings. The van der Waals surface area contributed by atoms with Crippen LogP contribution >= 0.6 is 0 Å². The molecule has 8 nitrogen and oxygen atoms in total. The van der Waals surface area contributed by atoms with Crippen LogP contribution in [0.4, 0.5) is 5.95 Å². The van der Waals surface area contributed by atoms with Crippen LogP contribution in [0.1, 0.15) is 30.6 Å². The molecule has 0 fully saturated rings. The molecule has 0 spiro atoms. The normalized spacial score (nSPS) is 11.9. The van der Waals surface area contributed by atoms with E-state index < -0.39 is 11.9 Å². The number of hydrogen-bond donors (Lipinski definition) is 3. The molecule has 0 unspecified atom stereocenters. The lowest BCUT2D eigenvalue weighted by Gasteiger charge is -2.20. The van der Waals surface area contributed by atoms with Gasteiger partial charge in [-0.15, -0.1) is 0 Å². The minimum absolute atomic E-state index is 0.191. The zero-order valence-corrected chi connectivity index (χ0v) is 17.5. The molecule has 0 aliphatic heterocycles. The van der Waals surface area contributed by atoms with Crippen molar-refractivity contribution in [2.75, 3.05) is 19.5 Å². The van der Waals surface area contributed by atoms with Gasteiger partial charge in [-0.1, -0.05) is 26.0 Å². The molecule has 0 saturated heterocycles. The van der Waals surface area contributed by atoms with Crippen LogP contribution in [0.2, 0.25) is 0 Å². The summed E-state index contributed by atoms with van der Waals surface area (Å²) in [5, 5.41) is 5.59. The van der Waals surface area contributed by atoms with Crippen LogP contribution in [0.15, 0.2) is 42.5 Å². The fourth-order valence-corrected chi connectivity index (χ4v) is 3.10. The first-order valence-corrected chi connectivity index (χ1v) is 9.69. The molecule has 2 amide bonds. The van der Waals surface area contributed by atoms with Gasteiger partial charge in [0.25, 0.3) is 5.91 Å². The quantitative estimate of drug-likeness (QED) is 0.528. The largest absolute Gasteiger partial charge is 0.497 e. The molecule has 0 radical (unpaired) electrons. The molecule has 0 saturated carbocycles. The maximum absolute atomic E-state index is 12.9. The Balaban J connectivity index is 1.78. The molecule has 1 heterocycles. The van der Waals surface area contributed by atoms with E-state index in [9.17, 15) is 9.59 Å². The number of ether oxygens (including phenoxy) is 2. The lowest BCUT2D eigenvalue weighted by atomic mass is 10.0. The van der Waals surface area contributed by atoms with Crippen molar-refractivity contribution in [2.24, 2.45) is 5.92 Å². The molecule has 3 rings (SSSR count). The number of amides is 2. The number of para-hydroxylation sites is 2. The van der Waals surface area contributed by atoms with Crippen molar-refractivity contribution in [1.29, 1.82) is 0 Å². The summed E-state index contributed by atoms with van der Waals surface area (Å²) in [6.45, 7) is 3.98. The molecule has 1 atom stereocenters. The highest BCUT2D eigenvalue weighted by molar-refractivity contribution is 6.01. The molecule has 3 aromatic rings. The summed E-state index contributed by atoms with van der Waals surface area (Å²) >= 11 is 0. The Morgan fingerprint density at radius 3 is 2.33 bits per heavy atom. The average Bonchev–Trinajstić information content (AvgIpc) is 3.14. The number of carbonyl (C=O) groups excluding carboxylic acids is 2. The third kappa shape index (κ3) is 5.08. The van der Waals surface area contributed by atoms with Gasteiger partial charge < -0.3 is 19.8 Å². The van der Waals surface area contributed by atoms with Gasteiger partial charge in [0.1, 0.15) is 17.5 Å². The number of benzene rings is 2. The second-order valence-electron chi connectivity index (χ2n) is 7.35. The van der Waals surface area contributed by atoms with E-state index in [1.165, 1.54) is 14.2 Å². The van der Waals surface area contributed by atoms with E-state index in [0.717, 1.165) is 11.0 Å². The first kappa shape index (κ1) is 21.2. The summed E-state index contributed by atoms with van der Waals surface area (Å²) in [6.07, 6.45) is 0.471. The minimum Gasteiger partial charge on any atom is -0.497 e. The Bertz CT molecular complexity index is 989. The Hall–Kier alpha value is -3.55. The van der Waals surface area contributed by atoms with Crippen LogP contribution in [-0.4, -0.2) is 42.0 Å². The molecule has 30 heavy (non-hydrogen) atoms. The van der Waals surface area contributed by atoms with Gasteiger partial charge in [0, 0.05) is 11.6 Å². The predicted molar refractivity (Wildman–Crippen MR) is 115 cm³/mol. The first-order chi connectivity index (χ1) is 14.4. The SMILES string of the molecule is COc1cc(OC)cc(C(=O)N[C@@H](CC(C)C)C(=O)Nc2nc3ccccc3[nH]2)c1. The van der Waals surface area contributed by atoms with Crippen molar-refractivity contribution in [2.45, 2.75) is 26.3 Å². The smallest absolute Gasteiger partial charge is 0.252 e. The molecule has 0 bridgehead atoms. The van der Waals surface area contributed by atoms with Gasteiger partial charge in [0.05, 0.1) is 25.3 Å². The van der Waals surface area contributed by atoms with Crippen molar-refractivity contribution in [3.8, 4) is 11.5 Å². The maximum Gasteiger partial charge on any atom is 0.252 e. The van der Waals surface area contributed by atoms with Crippen molar-refractivity contribution in [3.05, 3.63) is 48.0 Å². The number of hydrogen-bond acceptors (Lipinski definition) is 5. The van der Waals surface area contributed by atoms with E-state index in [1.54, 1.807) is 18.2 Å². The van der Waals surface area contributed by atoms with Crippen LogP contribution in [0.5, 0.6) is 11.5 Å². The van der Waals surface area contributed by atoms with Gasteiger partial charge >= 0.3 is 0 Å². The van der Waals surface area contributed by atoms with E-state index in [-0.39, 0.29) is 11.8 Å². The van der Waals surface area contributed by atoms with Gasteiger partial charge in [-0.05, 0) is 36.6 Å². The lowest BCUT2D eigenvalue weighted by Crippen LogP contribution is -2.44. The van der Waals surface area contributed by atoms with Gasteiger partial charge in [0.15, 0.2) is 0 Å². The second kappa shape index (κ2) is 9.30. The molecule has 158 valence electrons. The zero-order chi connectivity index (χ0) is 21.7. The van der Waals surface area contributed by atoms with Crippen LogP contribution in [0.3, 0.4) is 0 Å². The standard InChI is InChI=1S/C22H26N4O4/c1-13(2)9-19(21(28)26-22-24-17-7-5-6-8-18(17)25-22)23-20(27)14-10-15(29-3)12-16(11-14)30-4/h5-8,10-13,19H,9H2,1-4H3,(H,23,27)(H2,24,25,26,28)/t19-/m0/s1. The zero-order valence-electron chi connectivity index (χ0n) is 17.5. The van der Waals surface area contributed by atoms with Crippen molar-refractivity contribution in [1.82, 2.24) is 15.3 Å². The summed E-state index contributed by atoms with van der Waals surface area (Å²) in [7, 11) is 3.03. The van der Waals surface area contributed by atoms with Crippen LogP contribution in [0, 0.1) is 5.92 Å². The monoisotopic (exact) mass is 410 g/mol. The van der Waals surface area contributed by atoms with E-state index >= 15 is 0 Å². The van der Waals surface area contributed by atoms with Crippen molar-refractivity contribution in [3.63, 3.8) is 0 Å². The molecule has 1 aromatic heterocycles. The number of carbonyl (C=O) groups is 2. The van der Waals surface area contributed by atoms with Crippen LogP contribution in [-0.2, 0) is 4.79 Å². The van der Waals surface area contributed by atoms with E-state index in [0.29, 0.717) is 29.4 Å². The molecule has 3 N–H and O–H groups in total. The Morgan fingerprint density at radius 1 is 1.07 bits per heavy atom. The predicted octanol–water partition coefficient (Wildman–Crippen LogP) is 3.36. The second-order valence-corrected chi connectivity index (χ2v) is 7.35. The summed E-state index contributed by atoms with van der Waals surface area (Å²) in [5.41, 5.74) is 1.91. The number of H-pyrrole nitrogens is 1. The summed E-state index contributed by atoms with van der Waals surface area (Å²) in [6, 6.07) is 11.6. The van der Waals surface area contributed by atoms with Crippen LogP contribution < -0.4 is 20.1 Å². The number of rotatable bonds is 8. The number of aromatic amines is 1. The molecule has 0 aliphatic carbocycles. The average molecular weight is 410 g/mol. The maximum atomic E-state index is 12.9. The Morgan fingerprint density at radius 2 is 1.73 bits per heavy atom. The van der Waals surface area contributed by atoms with Gasteiger partial charge in [-0.2, -0.15) is 0 Å². The topological polar surface area (TPSA) is 105 Å². The van der Waals surface area contributed by atoms with E-state index in [1.807, 2.05) is 38.1 Å². The third-order valence-electron chi connectivity index (χ3n) is 4.57. The number of imidazole rings is 1. The summed E-state index contributed by atoms with van der Waals surface area (Å²) in [5.74, 6) is 0.783. The Labute approximate surface area is 175 Å². The lowest BCUT2D eigenvalue weighted by molar-refractivity contribution is -0.118.